The van der Waals surface area contributed by atoms with Crippen LogP contribution in [0.25, 0.3) is 0 Å². The number of aromatic nitrogens is 1. The molecule has 0 bridgehead atoms. The second-order valence-corrected chi connectivity index (χ2v) is 10.1. The molecule has 0 saturated heterocycles. The van der Waals surface area contributed by atoms with Gasteiger partial charge in [0.05, 0.1) is 18.6 Å². The molecule has 3 aromatic carbocycles. The molecule has 0 saturated carbocycles. The molecule has 0 fully saturated rings. The van der Waals surface area contributed by atoms with Crippen LogP contribution in [-0.2, 0) is 17.6 Å². The molecule has 0 radical (unpaired) electrons. The molecule has 2 unspecified atom stereocenters. The van der Waals surface area contributed by atoms with Gasteiger partial charge in [-0.15, -0.1) is 11.3 Å². The number of anilines is 2. The zero-order valence-electron chi connectivity index (χ0n) is 20.5. The van der Waals surface area contributed by atoms with Gasteiger partial charge in [-0.25, -0.2) is 4.98 Å². The van der Waals surface area contributed by atoms with E-state index in [1.54, 1.807) is 6.20 Å². The Hall–Kier alpha value is -3.56. The number of nitrogens with one attached hydrogen (secondary N) is 1. The van der Waals surface area contributed by atoms with E-state index in [1.165, 1.54) is 11.3 Å². The fraction of sp³-hybridized carbons (Fsp3) is 0.241. The first-order valence-corrected chi connectivity index (χ1v) is 13.1. The summed E-state index contributed by atoms with van der Waals surface area (Å²) >= 11 is 1.31. The highest BCUT2D eigenvalue weighted by Gasteiger charge is 2.18. The normalized spacial score (nSPS) is 12.8. The topological polar surface area (TPSA) is 112 Å². The molecule has 0 spiro atoms. The Morgan fingerprint density at radius 2 is 1.46 bits per heavy atom. The number of amides is 1. The van der Waals surface area contributed by atoms with Crippen molar-refractivity contribution in [3.05, 3.63) is 113 Å². The maximum Gasteiger partial charge on any atom is 0.229 e. The van der Waals surface area contributed by atoms with Gasteiger partial charge in [0.1, 0.15) is 0 Å². The summed E-state index contributed by atoms with van der Waals surface area (Å²) in [6, 6.07) is 26.9. The lowest BCUT2D eigenvalue weighted by atomic mass is 10.1. The Balaban J connectivity index is 1.35. The molecule has 0 aliphatic heterocycles. The van der Waals surface area contributed by atoms with Crippen molar-refractivity contribution < 1.29 is 15.0 Å². The van der Waals surface area contributed by atoms with Crippen molar-refractivity contribution in [1.29, 1.82) is 0 Å². The summed E-state index contributed by atoms with van der Waals surface area (Å²) in [6.07, 6.45) is 1.28. The number of rotatable bonds is 12. The van der Waals surface area contributed by atoms with Crippen LogP contribution in [-0.4, -0.2) is 45.6 Å². The SMILES string of the molecule is Nc1ncc(CC(=O)Nc2ccc(CCN(CC(O)c3ccccc3)CC(O)c3ccccc3)cc2)s1. The van der Waals surface area contributed by atoms with Gasteiger partial charge in [-0.1, -0.05) is 72.8 Å². The van der Waals surface area contributed by atoms with Crippen LogP contribution >= 0.6 is 11.3 Å². The second-order valence-electron chi connectivity index (χ2n) is 8.95. The minimum absolute atomic E-state index is 0.118. The highest BCUT2D eigenvalue weighted by molar-refractivity contribution is 7.15. The number of nitrogen functional groups attached to an aromatic ring is 1. The zero-order valence-corrected chi connectivity index (χ0v) is 21.3. The van der Waals surface area contributed by atoms with Crippen molar-refractivity contribution in [3.63, 3.8) is 0 Å². The Morgan fingerprint density at radius 3 is 1.97 bits per heavy atom. The lowest BCUT2D eigenvalue weighted by Crippen LogP contribution is -2.34. The van der Waals surface area contributed by atoms with Gasteiger partial charge in [0, 0.05) is 36.4 Å². The Morgan fingerprint density at radius 1 is 0.892 bits per heavy atom. The van der Waals surface area contributed by atoms with E-state index in [4.69, 9.17) is 5.73 Å². The molecule has 37 heavy (non-hydrogen) atoms. The molecule has 0 aliphatic carbocycles. The van der Waals surface area contributed by atoms with Gasteiger partial charge in [0.2, 0.25) is 5.91 Å². The van der Waals surface area contributed by atoms with Gasteiger partial charge in [-0.05, 0) is 35.2 Å². The average Bonchev–Trinajstić information content (AvgIpc) is 3.33. The van der Waals surface area contributed by atoms with Crippen LogP contribution < -0.4 is 11.1 Å². The zero-order chi connectivity index (χ0) is 26.0. The molecule has 1 amide bonds. The van der Waals surface area contributed by atoms with Gasteiger partial charge in [0.25, 0.3) is 0 Å². The Bertz CT molecular complexity index is 1200. The fourth-order valence-corrected chi connectivity index (χ4v) is 4.80. The van der Waals surface area contributed by atoms with Gasteiger partial charge in [-0.3, -0.25) is 9.69 Å². The predicted octanol–water partition coefficient (Wildman–Crippen LogP) is 4.22. The van der Waals surface area contributed by atoms with Gasteiger partial charge >= 0.3 is 0 Å². The van der Waals surface area contributed by atoms with Crippen LogP contribution in [0, 0.1) is 0 Å². The predicted molar refractivity (Wildman–Crippen MR) is 148 cm³/mol. The van der Waals surface area contributed by atoms with Crippen LogP contribution in [0.1, 0.15) is 33.8 Å². The van der Waals surface area contributed by atoms with E-state index >= 15 is 0 Å². The van der Waals surface area contributed by atoms with E-state index in [2.05, 4.69) is 15.2 Å². The van der Waals surface area contributed by atoms with Crippen LogP contribution in [0.4, 0.5) is 10.8 Å². The summed E-state index contributed by atoms with van der Waals surface area (Å²) < 4.78 is 0. The first-order valence-electron chi connectivity index (χ1n) is 12.2. The summed E-state index contributed by atoms with van der Waals surface area (Å²) in [6.45, 7) is 1.47. The van der Waals surface area contributed by atoms with Crippen molar-refractivity contribution in [2.24, 2.45) is 0 Å². The van der Waals surface area contributed by atoms with Crippen molar-refractivity contribution in [1.82, 2.24) is 9.88 Å². The van der Waals surface area contributed by atoms with Crippen LogP contribution in [0.3, 0.4) is 0 Å². The molecule has 4 aromatic rings. The second kappa shape index (κ2) is 13.1. The number of benzene rings is 3. The lowest BCUT2D eigenvalue weighted by Gasteiger charge is -2.28. The van der Waals surface area contributed by atoms with Crippen LogP contribution in [0.2, 0.25) is 0 Å². The van der Waals surface area contributed by atoms with E-state index < -0.39 is 12.2 Å². The van der Waals surface area contributed by atoms with Crippen molar-refractivity contribution >= 4 is 28.1 Å². The third-order valence-electron chi connectivity index (χ3n) is 6.09. The Kier molecular flexibility index (Phi) is 9.40. The molecule has 2 atom stereocenters. The first-order chi connectivity index (χ1) is 18.0. The number of hydrogen-bond donors (Lipinski definition) is 4. The van der Waals surface area contributed by atoms with Crippen molar-refractivity contribution in [2.45, 2.75) is 25.0 Å². The summed E-state index contributed by atoms with van der Waals surface area (Å²) in [4.78, 5) is 19.2. The van der Waals surface area contributed by atoms with Gasteiger partial charge < -0.3 is 21.3 Å². The first kappa shape index (κ1) is 26.5. The molecule has 8 heteroatoms. The number of nitrogens with two attached hydrogens (primary N) is 1. The van der Waals surface area contributed by atoms with Gasteiger partial charge in [0.15, 0.2) is 5.13 Å². The summed E-state index contributed by atoms with van der Waals surface area (Å²) in [5.74, 6) is -0.118. The van der Waals surface area contributed by atoms with Crippen LogP contribution in [0.5, 0.6) is 0 Å². The third-order valence-corrected chi connectivity index (χ3v) is 6.92. The monoisotopic (exact) mass is 516 g/mol. The van der Waals surface area contributed by atoms with E-state index in [0.29, 0.717) is 24.8 Å². The fourth-order valence-electron chi connectivity index (χ4n) is 4.12. The largest absolute Gasteiger partial charge is 0.387 e. The lowest BCUT2D eigenvalue weighted by molar-refractivity contribution is -0.115. The number of nitrogens with zero attached hydrogens (tertiary/aromatic N) is 2. The molecule has 4 rings (SSSR count). The minimum Gasteiger partial charge on any atom is -0.387 e. The van der Waals surface area contributed by atoms with Gasteiger partial charge in [-0.2, -0.15) is 0 Å². The standard InChI is InChI=1S/C29H32N4O3S/c30-29-31-18-25(37-29)17-28(36)32-24-13-11-21(12-14-24)15-16-33(19-26(34)22-7-3-1-4-8-22)20-27(35)23-9-5-2-6-10-23/h1-14,18,26-27,34-35H,15-17,19-20H2,(H2,30,31)(H,32,36). The molecule has 5 N–H and O–H groups in total. The maximum atomic E-state index is 12.3. The number of hydrogen-bond acceptors (Lipinski definition) is 7. The van der Waals surface area contributed by atoms with E-state index in [0.717, 1.165) is 33.7 Å². The minimum atomic E-state index is -0.657. The number of aliphatic hydroxyl groups excluding tert-OH is 2. The molecular formula is C29H32N4O3S. The maximum absolute atomic E-state index is 12.3. The van der Waals surface area contributed by atoms with Crippen LogP contribution in [0.15, 0.2) is 91.1 Å². The molecule has 0 aliphatic rings. The average molecular weight is 517 g/mol. The van der Waals surface area contributed by atoms with E-state index in [-0.39, 0.29) is 12.3 Å². The highest BCUT2D eigenvalue weighted by atomic mass is 32.1. The summed E-state index contributed by atoms with van der Waals surface area (Å²) in [5, 5.41) is 25.0. The number of carbonyl (C=O) groups is 1. The smallest absolute Gasteiger partial charge is 0.229 e. The third kappa shape index (κ3) is 8.23. The molecule has 192 valence electrons. The van der Waals surface area contributed by atoms with E-state index in [9.17, 15) is 15.0 Å². The molecule has 7 nitrogen and oxygen atoms in total. The molecular weight excluding hydrogens is 484 g/mol. The highest BCUT2D eigenvalue weighted by Crippen LogP contribution is 2.20. The molecule has 1 heterocycles. The Labute approximate surface area is 221 Å². The van der Waals surface area contributed by atoms with Crippen molar-refractivity contribution in [3.8, 4) is 0 Å². The summed E-state index contributed by atoms with van der Waals surface area (Å²) in [7, 11) is 0. The number of aliphatic hydroxyl groups is 2. The number of thiazole rings is 1. The number of carbonyl (C=O) groups excluding carboxylic acids is 1. The quantitative estimate of drug-likeness (QED) is 0.224. The summed E-state index contributed by atoms with van der Waals surface area (Å²) in [5.41, 5.74) is 9.15. The molecule has 1 aromatic heterocycles. The van der Waals surface area contributed by atoms with E-state index in [1.807, 2.05) is 84.9 Å². The van der Waals surface area contributed by atoms with Crippen molar-refractivity contribution in [2.75, 3.05) is 30.7 Å².